The molecule has 0 rings (SSSR count). The summed E-state index contributed by atoms with van der Waals surface area (Å²) in [6.45, 7) is 1.27. The van der Waals surface area contributed by atoms with Gasteiger partial charge < -0.3 is 9.84 Å². The number of rotatable bonds is 1. The molecule has 0 amide bonds. The first kappa shape index (κ1) is 14.6. The summed E-state index contributed by atoms with van der Waals surface area (Å²) in [7, 11) is 0. The van der Waals surface area contributed by atoms with Gasteiger partial charge in [0.1, 0.15) is 0 Å². The first-order chi connectivity index (χ1) is 6.43. The summed E-state index contributed by atoms with van der Waals surface area (Å²) in [6, 6.07) is 0. The van der Waals surface area contributed by atoms with Gasteiger partial charge in [0.05, 0.1) is 0 Å². The van der Waals surface area contributed by atoms with Crippen molar-refractivity contribution in [3.05, 3.63) is 0 Å². The Balaban J connectivity index is 0. The zero-order valence-electron chi connectivity index (χ0n) is 7.67. The quantitative estimate of drug-likeness (QED) is 0.373. The van der Waals surface area contributed by atoms with E-state index < -0.39 is 24.6 Å². The number of hydrogen-bond donors (Lipinski definition) is 1. The fraction of sp³-hybridized carbons (Fsp3) is 0.375. The first-order valence-corrected chi connectivity index (χ1v) is 3.37. The maximum Gasteiger partial charge on any atom is 0.381 e. The van der Waals surface area contributed by atoms with E-state index in [2.05, 4.69) is 10.7 Å². The van der Waals surface area contributed by atoms with Crippen molar-refractivity contribution in [3.8, 4) is 11.8 Å². The summed E-state index contributed by atoms with van der Waals surface area (Å²) in [6.07, 6.45) is 0. The Hall–Kier alpha value is -1.90. The van der Waals surface area contributed by atoms with Crippen molar-refractivity contribution in [2.75, 3.05) is 6.67 Å². The second kappa shape index (κ2) is 9.19. The first-order valence-electron chi connectivity index (χ1n) is 3.37. The van der Waals surface area contributed by atoms with Crippen molar-refractivity contribution >= 4 is 17.9 Å². The molecule has 0 aromatic heterocycles. The zero-order valence-corrected chi connectivity index (χ0v) is 7.67. The Labute approximate surface area is 79.9 Å². The molecule has 78 valence electrons. The summed E-state index contributed by atoms with van der Waals surface area (Å²) in [5, 5.41) is 7.74. The number of aliphatic carboxylic acids is 1. The molecule has 0 unspecified atom stereocenters. The predicted octanol–water partition coefficient (Wildman–Crippen LogP) is 0.140. The molecule has 14 heavy (non-hydrogen) atoms. The van der Waals surface area contributed by atoms with E-state index in [0.29, 0.717) is 0 Å². The maximum atomic E-state index is 11.1. The Morgan fingerprint density at radius 2 is 1.93 bits per heavy atom. The summed E-state index contributed by atoms with van der Waals surface area (Å²) < 4.78 is 14.9. The molecular weight excluding hydrogens is 195 g/mol. The Kier molecular flexibility index (Phi) is 9.59. The highest BCUT2D eigenvalue weighted by Crippen LogP contribution is 1.78. The van der Waals surface area contributed by atoms with E-state index in [1.54, 1.807) is 0 Å². The number of hydrogen-bond acceptors (Lipinski definition) is 4. The van der Waals surface area contributed by atoms with Gasteiger partial charge in [-0.15, -0.1) is 0 Å². The van der Waals surface area contributed by atoms with Crippen molar-refractivity contribution in [2.45, 2.75) is 13.8 Å². The zero-order chi connectivity index (χ0) is 11.6. The van der Waals surface area contributed by atoms with Crippen molar-refractivity contribution in [2.24, 2.45) is 0 Å². The van der Waals surface area contributed by atoms with Gasteiger partial charge in [-0.25, -0.2) is 14.0 Å². The number of ether oxygens (including phenoxy) is 1. The molecule has 0 saturated carbocycles. The second-order valence-corrected chi connectivity index (χ2v) is 1.78. The van der Waals surface area contributed by atoms with Crippen LogP contribution >= 0.6 is 0 Å². The molecule has 0 heterocycles. The molecule has 0 atom stereocenters. The van der Waals surface area contributed by atoms with Gasteiger partial charge in [0.2, 0.25) is 0 Å². The fourth-order valence-electron chi connectivity index (χ4n) is 0.295. The van der Waals surface area contributed by atoms with Crippen molar-refractivity contribution in [1.29, 1.82) is 0 Å². The molecule has 0 aromatic carbocycles. The standard InChI is InChI=1S/C4H5FO3.C4H4O2/c1-3(6)8-4(7)2-5;1-2-3-4(5)6/h2H2,1H3;1H3,(H,5,6). The van der Waals surface area contributed by atoms with Gasteiger partial charge >= 0.3 is 17.9 Å². The van der Waals surface area contributed by atoms with Crippen LogP contribution in [0.2, 0.25) is 0 Å². The topological polar surface area (TPSA) is 80.7 Å². The van der Waals surface area contributed by atoms with Crippen molar-refractivity contribution < 1.29 is 28.6 Å². The second-order valence-electron chi connectivity index (χ2n) is 1.78. The summed E-state index contributed by atoms with van der Waals surface area (Å²) >= 11 is 0. The summed E-state index contributed by atoms with van der Waals surface area (Å²) in [5.41, 5.74) is 0. The molecule has 0 saturated heterocycles. The molecule has 0 fully saturated rings. The van der Waals surface area contributed by atoms with Gasteiger partial charge in [-0.05, 0) is 6.92 Å². The van der Waals surface area contributed by atoms with Crippen LogP contribution in [0.15, 0.2) is 0 Å². The van der Waals surface area contributed by atoms with Crippen LogP contribution in [0, 0.1) is 11.8 Å². The molecular formula is C8H9FO5. The minimum atomic E-state index is -1.25. The van der Waals surface area contributed by atoms with E-state index in [0.717, 1.165) is 6.92 Å². The number of halogens is 1. The van der Waals surface area contributed by atoms with Crippen LogP contribution < -0.4 is 0 Å². The van der Waals surface area contributed by atoms with E-state index in [4.69, 9.17) is 5.11 Å². The minimum absolute atomic E-state index is 0.785. The third-order valence-electron chi connectivity index (χ3n) is 0.599. The Morgan fingerprint density at radius 3 is 2.00 bits per heavy atom. The van der Waals surface area contributed by atoms with Crippen LogP contribution in [0.4, 0.5) is 4.39 Å². The van der Waals surface area contributed by atoms with Crippen LogP contribution in [0.1, 0.15) is 13.8 Å². The third-order valence-corrected chi connectivity index (χ3v) is 0.599. The molecule has 0 aliphatic heterocycles. The average Bonchev–Trinajstić information content (AvgIpc) is 2.03. The van der Waals surface area contributed by atoms with Crippen LogP contribution in [0.5, 0.6) is 0 Å². The monoisotopic (exact) mass is 204 g/mol. The van der Waals surface area contributed by atoms with E-state index >= 15 is 0 Å². The third kappa shape index (κ3) is 16.6. The summed E-state index contributed by atoms with van der Waals surface area (Å²) in [4.78, 5) is 29.0. The highest BCUT2D eigenvalue weighted by Gasteiger charge is 2.02. The van der Waals surface area contributed by atoms with Gasteiger partial charge in [0.25, 0.3) is 0 Å². The maximum absolute atomic E-state index is 11.1. The fourth-order valence-corrected chi connectivity index (χ4v) is 0.295. The molecule has 5 nitrogen and oxygen atoms in total. The lowest BCUT2D eigenvalue weighted by molar-refractivity contribution is -0.158. The number of carboxylic acids is 1. The molecule has 0 spiro atoms. The lowest BCUT2D eigenvalue weighted by Crippen LogP contribution is -2.09. The minimum Gasteiger partial charge on any atom is -0.472 e. The van der Waals surface area contributed by atoms with E-state index in [-0.39, 0.29) is 0 Å². The number of carbonyl (C=O) groups excluding carboxylic acids is 2. The van der Waals surface area contributed by atoms with E-state index in [1.807, 2.05) is 5.92 Å². The number of carboxylic acid groups (broad SMARTS) is 1. The normalized spacial score (nSPS) is 7.07. The molecule has 0 aromatic rings. The van der Waals surface area contributed by atoms with Crippen molar-refractivity contribution in [1.82, 2.24) is 0 Å². The van der Waals surface area contributed by atoms with Gasteiger partial charge in [-0.2, -0.15) is 0 Å². The number of esters is 2. The predicted molar refractivity (Wildman–Crippen MR) is 43.8 cm³/mol. The average molecular weight is 204 g/mol. The Bertz CT molecular complexity index is 273. The molecule has 1 N–H and O–H groups in total. The number of carbonyl (C=O) groups is 3. The molecule has 6 heteroatoms. The van der Waals surface area contributed by atoms with Crippen molar-refractivity contribution in [3.63, 3.8) is 0 Å². The van der Waals surface area contributed by atoms with E-state index in [1.165, 1.54) is 6.92 Å². The smallest absolute Gasteiger partial charge is 0.381 e. The van der Waals surface area contributed by atoms with Crippen LogP contribution in [0.3, 0.4) is 0 Å². The van der Waals surface area contributed by atoms with Gasteiger partial charge in [-0.3, -0.25) is 4.79 Å². The van der Waals surface area contributed by atoms with Gasteiger partial charge in [0, 0.05) is 12.8 Å². The number of alkyl halides is 1. The highest BCUT2D eigenvalue weighted by atomic mass is 19.1. The van der Waals surface area contributed by atoms with Gasteiger partial charge in [0.15, 0.2) is 6.67 Å². The molecule has 0 radical (unpaired) electrons. The summed E-state index contributed by atoms with van der Waals surface area (Å²) in [5.74, 6) is 1.10. The van der Waals surface area contributed by atoms with Crippen LogP contribution in [-0.2, 0) is 19.1 Å². The molecule has 0 bridgehead atoms. The lowest BCUT2D eigenvalue weighted by Gasteiger charge is -1.90. The van der Waals surface area contributed by atoms with Crippen LogP contribution in [-0.4, -0.2) is 29.7 Å². The largest absolute Gasteiger partial charge is 0.472 e. The lowest BCUT2D eigenvalue weighted by atomic mass is 10.6. The SMILES string of the molecule is CC#CC(=O)O.CC(=O)OC(=O)CF. The van der Waals surface area contributed by atoms with Gasteiger partial charge in [-0.1, -0.05) is 5.92 Å². The molecule has 0 aliphatic carbocycles. The molecule has 0 aliphatic rings. The van der Waals surface area contributed by atoms with E-state index in [9.17, 15) is 18.8 Å². The Morgan fingerprint density at radius 1 is 1.43 bits per heavy atom. The highest BCUT2D eigenvalue weighted by molar-refractivity contribution is 5.86. The van der Waals surface area contributed by atoms with Crippen LogP contribution in [0.25, 0.3) is 0 Å².